The Morgan fingerprint density at radius 3 is 2.57 bits per heavy atom. The highest BCUT2D eigenvalue weighted by atomic mass is 16.5. The van der Waals surface area contributed by atoms with E-state index in [1.54, 1.807) is 13.0 Å². The van der Waals surface area contributed by atoms with E-state index in [0.29, 0.717) is 18.0 Å². The molecular weight excluding hydrogens is 270 g/mol. The zero-order chi connectivity index (χ0) is 15.4. The van der Waals surface area contributed by atoms with Crippen molar-refractivity contribution in [2.24, 2.45) is 4.99 Å². The number of carbonyl (C=O) groups is 1. The summed E-state index contributed by atoms with van der Waals surface area (Å²) in [4.78, 5) is 15.8. The highest BCUT2D eigenvalue weighted by Gasteiger charge is 2.27. The Bertz CT molecular complexity index is 639. The maximum atomic E-state index is 11.6. The zero-order valence-corrected chi connectivity index (χ0v) is 12.2. The topological polar surface area (TPSA) is 68.1 Å². The van der Waals surface area contributed by atoms with Gasteiger partial charge in [0.05, 0.1) is 19.4 Å². The number of rotatable bonds is 4. The van der Waals surface area contributed by atoms with E-state index in [9.17, 15) is 9.90 Å². The molecule has 1 aromatic rings. The molecule has 0 radical (unpaired) electrons. The second-order valence-corrected chi connectivity index (χ2v) is 4.44. The molecular formula is C16H17NO4. The van der Waals surface area contributed by atoms with E-state index in [-0.39, 0.29) is 11.3 Å². The first-order valence-electron chi connectivity index (χ1n) is 6.59. The first-order chi connectivity index (χ1) is 10.1. The van der Waals surface area contributed by atoms with Crippen molar-refractivity contribution in [2.45, 2.75) is 13.8 Å². The second kappa shape index (κ2) is 6.26. The number of carbonyl (C=O) groups excluding carboxylic acids is 1. The van der Waals surface area contributed by atoms with E-state index in [1.807, 2.05) is 31.2 Å². The van der Waals surface area contributed by atoms with Crippen LogP contribution in [0.2, 0.25) is 0 Å². The fraction of sp³-hybridized carbons (Fsp3) is 0.250. The van der Waals surface area contributed by atoms with Crippen LogP contribution >= 0.6 is 0 Å². The van der Waals surface area contributed by atoms with Crippen LogP contribution in [0.3, 0.4) is 0 Å². The minimum atomic E-state index is -0.594. The van der Waals surface area contributed by atoms with Crippen LogP contribution in [-0.2, 0) is 9.53 Å². The average molecular weight is 287 g/mol. The number of esters is 1. The summed E-state index contributed by atoms with van der Waals surface area (Å²) in [6.45, 7) is 4.18. The maximum Gasteiger partial charge on any atom is 0.343 e. The lowest BCUT2D eigenvalue weighted by Crippen LogP contribution is -2.11. The highest BCUT2D eigenvalue weighted by molar-refractivity contribution is 6.21. The van der Waals surface area contributed by atoms with Gasteiger partial charge in [0, 0.05) is 0 Å². The van der Waals surface area contributed by atoms with Gasteiger partial charge >= 0.3 is 5.97 Å². The SMILES string of the molecule is CCOc1ccc(/C=C2/N=C(C)C(C(=O)OC)=C2O)cc1. The van der Waals surface area contributed by atoms with Crippen molar-refractivity contribution >= 4 is 17.8 Å². The number of benzene rings is 1. The fourth-order valence-corrected chi connectivity index (χ4v) is 2.02. The summed E-state index contributed by atoms with van der Waals surface area (Å²) >= 11 is 0. The van der Waals surface area contributed by atoms with Crippen molar-refractivity contribution in [3.8, 4) is 5.75 Å². The Morgan fingerprint density at radius 1 is 1.33 bits per heavy atom. The van der Waals surface area contributed by atoms with Gasteiger partial charge in [-0.25, -0.2) is 9.79 Å². The zero-order valence-electron chi connectivity index (χ0n) is 12.2. The summed E-state index contributed by atoms with van der Waals surface area (Å²) in [6.07, 6.45) is 1.70. The molecule has 21 heavy (non-hydrogen) atoms. The minimum absolute atomic E-state index is 0.106. The number of ether oxygens (including phenoxy) is 2. The van der Waals surface area contributed by atoms with Gasteiger partial charge in [-0.15, -0.1) is 0 Å². The van der Waals surface area contributed by atoms with Crippen LogP contribution in [0.5, 0.6) is 5.75 Å². The Balaban J connectivity index is 2.30. The molecule has 1 heterocycles. The molecule has 0 spiro atoms. The average Bonchev–Trinajstić information content (AvgIpc) is 2.75. The van der Waals surface area contributed by atoms with Crippen LogP contribution in [0.4, 0.5) is 0 Å². The van der Waals surface area contributed by atoms with Crippen molar-refractivity contribution in [3.05, 3.63) is 46.9 Å². The number of aliphatic imine (C=N–C) groups is 1. The lowest BCUT2D eigenvalue weighted by molar-refractivity contribution is -0.135. The van der Waals surface area contributed by atoms with E-state index in [1.165, 1.54) is 7.11 Å². The van der Waals surface area contributed by atoms with Gasteiger partial charge in [-0.1, -0.05) is 12.1 Å². The molecule has 5 nitrogen and oxygen atoms in total. The van der Waals surface area contributed by atoms with Crippen LogP contribution in [-0.4, -0.2) is 30.5 Å². The van der Waals surface area contributed by atoms with Crippen LogP contribution in [0.15, 0.2) is 46.3 Å². The van der Waals surface area contributed by atoms with E-state index in [0.717, 1.165) is 11.3 Å². The molecule has 0 bridgehead atoms. The molecule has 0 unspecified atom stereocenters. The van der Waals surface area contributed by atoms with Crippen molar-refractivity contribution in [3.63, 3.8) is 0 Å². The van der Waals surface area contributed by atoms with Crippen LogP contribution in [0, 0.1) is 0 Å². The predicted molar refractivity (Wildman–Crippen MR) is 80.4 cm³/mol. The van der Waals surface area contributed by atoms with E-state index in [4.69, 9.17) is 4.74 Å². The molecule has 110 valence electrons. The molecule has 0 saturated carbocycles. The number of hydrogen-bond acceptors (Lipinski definition) is 5. The van der Waals surface area contributed by atoms with Gasteiger partial charge in [-0.3, -0.25) is 0 Å². The maximum absolute atomic E-state index is 11.6. The number of aliphatic hydroxyl groups excluding tert-OH is 1. The molecule has 1 N–H and O–H groups in total. The Hall–Kier alpha value is -2.56. The van der Waals surface area contributed by atoms with Gasteiger partial charge in [0.1, 0.15) is 17.0 Å². The highest BCUT2D eigenvalue weighted by Crippen LogP contribution is 2.26. The van der Waals surface area contributed by atoms with Crippen molar-refractivity contribution < 1.29 is 19.4 Å². The molecule has 1 aliphatic heterocycles. The third-order valence-corrected chi connectivity index (χ3v) is 3.01. The largest absolute Gasteiger partial charge is 0.505 e. The molecule has 0 amide bonds. The lowest BCUT2D eigenvalue weighted by Gasteiger charge is -2.03. The number of nitrogens with zero attached hydrogens (tertiary/aromatic N) is 1. The molecule has 0 aromatic heterocycles. The normalized spacial score (nSPS) is 16.1. The quantitative estimate of drug-likeness (QED) is 0.865. The molecule has 2 rings (SSSR count). The molecule has 0 saturated heterocycles. The summed E-state index contributed by atoms with van der Waals surface area (Å²) in [5.41, 5.74) is 1.74. The number of methoxy groups -OCH3 is 1. The second-order valence-electron chi connectivity index (χ2n) is 4.44. The fourth-order valence-electron chi connectivity index (χ4n) is 2.02. The molecule has 5 heteroatoms. The summed E-state index contributed by atoms with van der Waals surface area (Å²) < 4.78 is 10.00. The van der Waals surface area contributed by atoms with Crippen molar-refractivity contribution in [2.75, 3.05) is 13.7 Å². The van der Waals surface area contributed by atoms with Gasteiger partial charge in [-0.05, 0) is 37.6 Å². The molecule has 0 atom stereocenters. The van der Waals surface area contributed by atoms with Crippen LogP contribution in [0.1, 0.15) is 19.4 Å². The first kappa shape index (κ1) is 14.8. The monoisotopic (exact) mass is 287 g/mol. The molecule has 0 fully saturated rings. The van der Waals surface area contributed by atoms with E-state index in [2.05, 4.69) is 9.73 Å². The lowest BCUT2D eigenvalue weighted by atomic mass is 10.1. The van der Waals surface area contributed by atoms with Gasteiger partial charge in [-0.2, -0.15) is 0 Å². The van der Waals surface area contributed by atoms with Crippen molar-refractivity contribution in [1.82, 2.24) is 0 Å². The van der Waals surface area contributed by atoms with Crippen molar-refractivity contribution in [1.29, 1.82) is 0 Å². The molecule has 1 aliphatic rings. The Kier molecular flexibility index (Phi) is 4.42. The third-order valence-electron chi connectivity index (χ3n) is 3.01. The van der Waals surface area contributed by atoms with Gasteiger partial charge in [0.25, 0.3) is 0 Å². The van der Waals surface area contributed by atoms with Crippen LogP contribution < -0.4 is 4.74 Å². The smallest absolute Gasteiger partial charge is 0.343 e. The Labute approximate surface area is 123 Å². The summed E-state index contributed by atoms with van der Waals surface area (Å²) in [7, 11) is 1.27. The number of aliphatic hydroxyl groups is 1. The van der Waals surface area contributed by atoms with E-state index < -0.39 is 5.97 Å². The van der Waals surface area contributed by atoms with Gasteiger partial charge in [0.15, 0.2) is 5.76 Å². The summed E-state index contributed by atoms with van der Waals surface area (Å²) in [5.74, 6) is 0.0258. The van der Waals surface area contributed by atoms with Gasteiger partial charge < -0.3 is 14.6 Å². The van der Waals surface area contributed by atoms with E-state index >= 15 is 0 Å². The molecule has 0 aliphatic carbocycles. The number of hydrogen-bond donors (Lipinski definition) is 1. The summed E-state index contributed by atoms with van der Waals surface area (Å²) in [5, 5.41) is 10.1. The van der Waals surface area contributed by atoms with Crippen LogP contribution in [0.25, 0.3) is 6.08 Å². The van der Waals surface area contributed by atoms with Gasteiger partial charge in [0.2, 0.25) is 0 Å². The predicted octanol–water partition coefficient (Wildman–Crippen LogP) is 2.89. The standard InChI is InChI=1S/C16H17NO4/c1-4-21-12-7-5-11(6-8-12)9-13-15(18)14(10(2)17-13)16(19)20-3/h5-9,18H,4H2,1-3H3/b13-9+. The first-order valence-corrected chi connectivity index (χ1v) is 6.59. The molecule has 1 aromatic carbocycles. The third kappa shape index (κ3) is 3.13. The Morgan fingerprint density at radius 2 is 2.00 bits per heavy atom. The minimum Gasteiger partial charge on any atom is -0.505 e. The summed E-state index contributed by atoms with van der Waals surface area (Å²) in [6, 6.07) is 7.38.